The molecule has 1 heterocycles. The van der Waals surface area contributed by atoms with Crippen LogP contribution >= 0.6 is 23.4 Å². The fourth-order valence-corrected chi connectivity index (χ4v) is 3.69. The van der Waals surface area contributed by atoms with Gasteiger partial charge in [0.1, 0.15) is 18.2 Å². The van der Waals surface area contributed by atoms with E-state index in [2.05, 4.69) is 10.3 Å². The summed E-state index contributed by atoms with van der Waals surface area (Å²) in [5.41, 5.74) is 2.34. The Bertz CT molecular complexity index is 1130. The number of ether oxygens (including phenoxy) is 1. The molecule has 1 saturated heterocycles. The average Bonchev–Trinajstić information content (AvgIpc) is 3.09. The quantitative estimate of drug-likeness (QED) is 0.501. The summed E-state index contributed by atoms with van der Waals surface area (Å²) in [5, 5.41) is 3.84. The van der Waals surface area contributed by atoms with Crippen LogP contribution in [0.15, 0.2) is 82.7 Å². The Morgan fingerprint density at radius 1 is 1.03 bits per heavy atom. The Labute approximate surface area is 182 Å². The van der Waals surface area contributed by atoms with Gasteiger partial charge in [0.05, 0.1) is 10.6 Å². The summed E-state index contributed by atoms with van der Waals surface area (Å²) in [5.74, 6) is 0.0866. The number of halogens is 2. The van der Waals surface area contributed by atoms with Gasteiger partial charge in [-0.25, -0.2) is 9.38 Å². The number of thioether (sulfide) groups is 1. The number of benzene rings is 3. The molecule has 1 fully saturated rings. The summed E-state index contributed by atoms with van der Waals surface area (Å²) < 4.78 is 19.0. The van der Waals surface area contributed by atoms with Crippen molar-refractivity contribution in [2.24, 2.45) is 4.99 Å². The Kier molecular flexibility index (Phi) is 6.16. The third-order valence-corrected chi connectivity index (χ3v) is 5.38. The fourth-order valence-electron chi connectivity index (χ4n) is 2.73. The Hall–Kier alpha value is -3.09. The number of rotatable bonds is 5. The minimum absolute atomic E-state index is 0.242. The zero-order valence-electron chi connectivity index (χ0n) is 15.6. The van der Waals surface area contributed by atoms with Crippen molar-refractivity contribution in [2.75, 3.05) is 0 Å². The highest BCUT2D eigenvalue weighted by Crippen LogP contribution is 2.31. The van der Waals surface area contributed by atoms with Gasteiger partial charge in [0.15, 0.2) is 5.17 Å². The van der Waals surface area contributed by atoms with E-state index >= 15 is 0 Å². The maximum absolute atomic E-state index is 13.0. The van der Waals surface area contributed by atoms with E-state index in [1.165, 1.54) is 23.9 Å². The van der Waals surface area contributed by atoms with E-state index in [0.29, 0.717) is 33.1 Å². The molecule has 1 N–H and O–H groups in total. The molecule has 4 nitrogen and oxygen atoms in total. The monoisotopic (exact) mass is 438 g/mol. The second-order valence-corrected chi connectivity index (χ2v) is 7.88. The van der Waals surface area contributed by atoms with E-state index < -0.39 is 0 Å². The van der Waals surface area contributed by atoms with Gasteiger partial charge in [-0.3, -0.25) is 4.79 Å². The molecule has 0 spiro atoms. The van der Waals surface area contributed by atoms with Gasteiger partial charge in [-0.05, 0) is 65.9 Å². The first-order valence-corrected chi connectivity index (χ1v) is 10.3. The molecule has 0 saturated carbocycles. The van der Waals surface area contributed by atoms with E-state index in [4.69, 9.17) is 16.3 Å². The molecular formula is C23H16ClFN2O2S. The molecule has 150 valence electrons. The van der Waals surface area contributed by atoms with Gasteiger partial charge in [-0.15, -0.1) is 0 Å². The minimum atomic E-state index is -0.335. The highest BCUT2D eigenvalue weighted by molar-refractivity contribution is 8.18. The van der Waals surface area contributed by atoms with E-state index in [-0.39, 0.29) is 11.7 Å². The third kappa shape index (κ3) is 5.09. The van der Waals surface area contributed by atoms with Gasteiger partial charge >= 0.3 is 0 Å². The molecule has 0 aromatic heterocycles. The van der Waals surface area contributed by atoms with Crippen LogP contribution < -0.4 is 10.1 Å². The summed E-state index contributed by atoms with van der Waals surface area (Å²) in [7, 11) is 0. The fraction of sp³-hybridized carbons (Fsp3) is 0.0435. The van der Waals surface area contributed by atoms with Crippen molar-refractivity contribution in [2.45, 2.75) is 6.61 Å². The molecule has 0 bridgehead atoms. The van der Waals surface area contributed by atoms with Gasteiger partial charge in [0.2, 0.25) is 0 Å². The summed E-state index contributed by atoms with van der Waals surface area (Å²) in [6, 6.07) is 20.7. The van der Waals surface area contributed by atoms with Crippen molar-refractivity contribution in [1.82, 2.24) is 5.32 Å². The SMILES string of the molecule is O=C1NC(=Nc2ccc(F)cc2)S/C1=C/c1ccccc1OCc1ccc(Cl)cc1. The Balaban J connectivity index is 1.51. The summed E-state index contributed by atoms with van der Waals surface area (Å²) in [6.07, 6.45) is 1.77. The predicted molar refractivity (Wildman–Crippen MR) is 119 cm³/mol. The second-order valence-electron chi connectivity index (χ2n) is 6.41. The number of hydrogen-bond acceptors (Lipinski definition) is 4. The first kappa shape index (κ1) is 20.2. The maximum Gasteiger partial charge on any atom is 0.264 e. The highest BCUT2D eigenvalue weighted by atomic mass is 35.5. The third-order valence-electron chi connectivity index (χ3n) is 4.22. The first-order chi connectivity index (χ1) is 14.6. The number of carbonyl (C=O) groups is 1. The number of nitrogens with one attached hydrogen (secondary N) is 1. The largest absolute Gasteiger partial charge is 0.488 e. The molecule has 3 aromatic rings. The lowest BCUT2D eigenvalue weighted by Crippen LogP contribution is -2.19. The van der Waals surface area contributed by atoms with Crippen LogP contribution in [0.3, 0.4) is 0 Å². The topological polar surface area (TPSA) is 50.7 Å². The number of para-hydroxylation sites is 1. The van der Waals surface area contributed by atoms with Crippen LogP contribution in [0.5, 0.6) is 5.75 Å². The van der Waals surface area contributed by atoms with Crippen LogP contribution in [-0.4, -0.2) is 11.1 Å². The summed E-state index contributed by atoms with van der Waals surface area (Å²) >= 11 is 7.14. The number of aliphatic imine (C=N–C) groups is 1. The molecule has 0 radical (unpaired) electrons. The van der Waals surface area contributed by atoms with Crippen LogP contribution in [0, 0.1) is 5.82 Å². The van der Waals surface area contributed by atoms with Crippen molar-refractivity contribution in [3.8, 4) is 5.75 Å². The van der Waals surface area contributed by atoms with E-state index in [9.17, 15) is 9.18 Å². The molecule has 1 aliphatic rings. The molecule has 0 unspecified atom stereocenters. The van der Waals surface area contributed by atoms with Gasteiger partial charge < -0.3 is 10.1 Å². The normalized spacial score (nSPS) is 16.1. The molecule has 1 aliphatic heterocycles. The predicted octanol–water partition coefficient (Wildman–Crippen LogP) is 5.95. The number of carbonyl (C=O) groups excluding carboxylic acids is 1. The van der Waals surface area contributed by atoms with Crippen molar-refractivity contribution >= 4 is 46.2 Å². The Morgan fingerprint density at radius 2 is 1.77 bits per heavy atom. The van der Waals surface area contributed by atoms with Gasteiger partial charge in [-0.2, -0.15) is 0 Å². The van der Waals surface area contributed by atoms with Crippen LogP contribution in [0.4, 0.5) is 10.1 Å². The van der Waals surface area contributed by atoms with Crippen molar-refractivity contribution in [3.63, 3.8) is 0 Å². The van der Waals surface area contributed by atoms with Crippen molar-refractivity contribution in [1.29, 1.82) is 0 Å². The number of hydrogen-bond donors (Lipinski definition) is 1. The van der Waals surface area contributed by atoms with Crippen LogP contribution in [-0.2, 0) is 11.4 Å². The van der Waals surface area contributed by atoms with E-state index in [0.717, 1.165) is 11.1 Å². The second kappa shape index (κ2) is 9.15. The van der Waals surface area contributed by atoms with Gasteiger partial charge in [0.25, 0.3) is 5.91 Å². The number of amidine groups is 1. The van der Waals surface area contributed by atoms with Crippen LogP contribution in [0.25, 0.3) is 6.08 Å². The molecule has 1 amide bonds. The summed E-state index contributed by atoms with van der Waals surface area (Å²) in [4.78, 5) is 17.2. The van der Waals surface area contributed by atoms with Crippen LogP contribution in [0.2, 0.25) is 5.02 Å². The molecule has 0 atom stereocenters. The smallest absolute Gasteiger partial charge is 0.264 e. The lowest BCUT2D eigenvalue weighted by molar-refractivity contribution is -0.115. The molecule has 30 heavy (non-hydrogen) atoms. The van der Waals surface area contributed by atoms with Gasteiger partial charge in [-0.1, -0.05) is 41.9 Å². The minimum Gasteiger partial charge on any atom is -0.488 e. The van der Waals surface area contributed by atoms with E-state index in [1.54, 1.807) is 18.2 Å². The van der Waals surface area contributed by atoms with Crippen LogP contribution in [0.1, 0.15) is 11.1 Å². The molecule has 7 heteroatoms. The van der Waals surface area contributed by atoms with E-state index in [1.807, 2.05) is 48.5 Å². The maximum atomic E-state index is 13.0. The first-order valence-electron chi connectivity index (χ1n) is 9.08. The molecule has 3 aromatic carbocycles. The number of nitrogens with zero attached hydrogens (tertiary/aromatic N) is 1. The average molecular weight is 439 g/mol. The van der Waals surface area contributed by atoms with Gasteiger partial charge in [0, 0.05) is 10.6 Å². The lowest BCUT2D eigenvalue weighted by Gasteiger charge is -2.09. The lowest BCUT2D eigenvalue weighted by atomic mass is 10.2. The zero-order chi connectivity index (χ0) is 20.9. The number of amides is 1. The van der Waals surface area contributed by atoms with Crippen molar-refractivity contribution in [3.05, 3.63) is 99.7 Å². The standard InChI is InChI=1S/C23H16ClFN2O2S/c24-17-7-5-15(6-8-17)14-29-20-4-2-1-3-16(20)13-21-22(28)27-23(30-21)26-19-11-9-18(25)10-12-19/h1-13H,14H2,(H,26,27,28)/b21-13+. The molecular weight excluding hydrogens is 423 g/mol. The highest BCUT2D eigenvalue weighted by Gasteiger charge is 2.24. The molecule has 4 rings (SSSR count). The summed E-state index contributed by atoms with van der Waals surface area (Å²) in [6.45, 7) is 0.383. The van der Waals surface area contributed by atoms with Crippen molar-refractivity contribution < 1.29 is 13.9 Å². The molecule has 0 aliphatic carbocycles. The zero-order valence-corrected chi connectivity index (χ0v) is 17.2. The Morgan fingerprint density at radius 3 is 2.53 bits per heavy atom.